The van der Waals surface area contributed by atoms with Gasteiger partial charge in [-0.25, -0.2) is 14.5 Å². The van der Waals surface area contributed by atoms with E-state index in [4.69, 9.17) is 19.2 Å². The van der Waals surface area contributed by atoms with Crippen molar-refractivity contribution >= 4 is 43.3 Å². The Kier molecular flexibility index (Phi) is 7.55. The Morgan fingerprint density at radius 3 is 2.69 bits per heavy atom. The maximum atomic E-state index is 11.7. The molecule has 0 saturated carbocycles. The van der Waals surface area contributed by atoms with Crippen LogP contribution in [0.25, 0.3) is 31.2 Å². The largest absolute Gasteiger partial charge is 0.467 e. The Hall–Kier alpha value is -3.19. The van der Waals surface area contributed by atoms with Gasteiger partial charge in [0.1, 0.15) is 21.8 Å². The number of carboxylic acid groups (broad SMARTS) is 1. The third kappa shape index (κ3) is 5.14. The average molecular weight is 610 g/mol. The highest BCUT2D eigenvalue weighted by Crippen LogP contribution is 2.44. The number of hydrogen-bond donors (Lipinski definition) is 1. The number of piperidine rings is 1. The summed E-state index contributed by atoms with van der Waals surface area (Å²) < 4.78 is 20.2. The molecule has 1 N–H and O–H groups in total. The van der Waals surface area contributed by atoms with E-state index in [-0.39, 0.29) is 25.1 Å². The van der Waals surface area contributed by atoms with Crippen LogP contribution in [0, 0.1) is 0 Å². The van der Waals surface area contributed by atoms with Gasteiger partial charge in [0.2, 0.25) is 0 Å². The summed E-state index contributed by atoms with van der Waals surface area (Å²) in [7, 11) is 3.75. The molecule has 3 saturated heterocycles. The van der Waals surface area contributed by atoms with E-state index in [9.17, 15) is 9.90 Å². The standard InChI is InChI=1S/C30H35N5O5S2/c1-33(22-12-20-7-8-21(13-22)35(20)30(36)37)27-14-25-29(42-27)32-28(41-25)23-9-6-18(11-24(23)40-17-38-2)19-15-31-34(16-19)26-5-3-4-10-39-26/h6,9,11,14-16,20-22,26H,3-5,7-8,10,12-13,17H2,1-2H3,(H,36,37)/t20-,21+,22?,26?. The first-order valence-electron chi connectivity index (χ1n) is 14.5. The van der Waals surface area contributed by atoms with Gasteiger partial charge in [-0.2, -0.15) is 5.10 Å². The van der Waals surface area contributed by atoms with Gasteiger partial charge in [-0.3, -0.25) is 0 Å². The number of hydrogen-bond acceptors (Lipinski definition) is 9. The molecular formula is C30H35N5O5S2. The molecule has 3 aromatic heterocycles. The van der Waals surface area contributed by atoms with Crippen molar-refractivity contribution in [3.8, 4) is 27.4 Å². The van der Waals surface area contributed by atoms with Gasteiger partial charge in [-0.05, 0) is 68.7 Å². The molecule has 3 aliphatic rings. The normalized spacial score (nSPS) is 23.9. The van der Waals surface area contributed by atoms with Crippen LogP contribution in [0.4, 0.5) is 9.80 Å². The lowest BCUT2D eigenvalue weighted by Crippen LogP contribution is -2.51. The zero-order chi connectivity index (χ0) is 28.8. The van der Waals surface area contributed by atoms with Crippen molar-refractivity contribution in [2.24, 2.45) is 0 Å². The van der Waals surface area contributed by atoms with Crippen molar-refractivity contribution in [3.63, 3.8) is 0 Å². The van der Waals surface area contributed by atoms with E-state index in [1.54, 1.807) is 34.7 Å². The van der Waals surface area contributed by atoms with Crippen LogP contribution in [-0.4, -0.2) is 76.5 Å². The van der Waals surface area contributed by atoms with Crippen LogP contribution in [0.1, 0.15) is 51.2 Å². The Balaban J connectivity index is 1.11. The van der Waals surface area contributed by atoms with Crippen LogP contribution >= 0.6 is 22.7 Å². The minimum atomic E-state index is -0.775. The van der Waals surface area contributed by atoms with Crippen molar-refractivity contribution in [3.05, 3.63) is 36.7 Å². The molecular weight excluding hydrogens is 574 g/mol. The highest BCUT2D eigenvalue weighted by molar-refractivity contribution is 7.30. The minimum absolute atomic E-state index is 0.00383. The first-order chi connectivity index (χ1) is 20.5. The number of aromatic nitrogens is 3. The number of benzene rings is 1. The van der Waals surface area contributed by atoms with Crippen molar-refractivity contribution in [2.75, 3.05) is 32.5 Å². The molecule has 2 unspecified atom stereocenters. The number of nitrogens with zero attached hydrogens (tertiary/aromatic N) is 5. The third-order valence-electron chi connectivity index (χ3n) is 8.83. The number of rotatable bonds is 8. The molecule has 1 amide bonds. The molecule has 6 heterocycles. The molecule has 12 heteroatoms. The van der Waals surface area contributed by atoms with Gasteiger partial charge in [-0.1, -0.05) is 17.4 Å². The topological polar surface area (TPSA) is 102 Å². The molecule has 4 atom stereocenters. The predicted molar refractivity (Wildman–Crippen MR) is 164 cm³/mol. The lowest BCUT2D eigenvalue weighted by Gasteiger charge is -2.41. The maximum Gasteiger partial charge on any atom is 0.407 e. The van der Waals surface area contributed by atoms with Crippen LogP contribution in [0.2, 0.25) is 0 Å². The second-order valence-electron chi connectivity index (χ2n) is 11.4. The summed E-state index contributed by atoms with van der Waals surface area (Å²) in [5, 5.41) is 16.3. The van der Waals surface area contributed by atoms with E-state index >= 15 is 0 Å². The number of thiophene rings is 1. The zero-order valence-electron chi connectivity index (χ0n) is 23.8. The molecule has 3 aliphatic heterocycles. The molecule has 0 radical (unpaired) electrons. The quantitative estimate of drug-likeness (QED) is 0.221. The number of ether oxygens (including phenoxy) is 3. The molecule has 0 spiro atoms. The fourth-order valence-electron chi connectivity index (χ4n) is 6.67. The Labute approximate surface area is 252 Å². The average Bonchev–Trinajstić information content (AvgIpc) is 3.78. The molecule has 1 aromatic carbocycles. The smallest absolute Gasteiger partial charge is 0.407 e. The molecule has 4 aromatic rings. The molecule has 7 rings (SSSR count). The summed E-state index contributed by atoms with van der Waals surface area (Å²) in [6, 6.07) is 9.00. The van der Waals surface area contributed by atoms with Crippen LogP contribution in [-0.2, 0) is 9.47 Å². The lowest BCUT2D eigenvalue weighted by molar-refractivity contribution is -0.0394. The number of anilines is 1. The molecule has 222 valence electrons. The summed E-state index contributed by atoms with van der Waals surface area (Å²) in [5.41, 5.74) is 2.95. The summed E-state index contributed by atoms with van der Waals surface area (Å²) in [6.07, 6.45) is 10.1. The van der Waals surface area contributed by atoms with Gasteiger partial charge >= 0.3 is 6.09 Å². The highest BCUT2D eigenvalue weighted by Gasteiger charge is 2.44. The number of thiazole rings is 1. The van der Waals surface area contributed by atoms with Crippen LogP contribution in [0.5, 0.6) is 5.75 Å². The van der Waals surface area contributed by atoms with Gasteiger partial charge in [0, 0.05) is 50.7 Å². The summed E-state index contributed by atoms with van der Waals surface area (Å²) in [6.45, 7) is 0.919. The molecule has 0 aliphatic carbocycles. The Bertz CT molecular complexity index is 1530. The number of fused-ring (bicyclic) bond motifs is 3. The predicted octanol–water partition coefficient (Wildman–Crippen LogP) is 6.68. The minimum Gasteiger partial charge on any atom is -0.467 e. The van der Waals surface area contributed by atoms with Gasteiger partial charge in [0.15, 0.2) is 6.79 Å². The lowest BCUT2D eigenvalue weighted by atomic mass is 9.97. The van der Waals surface area contributed by atoms with Crippen molar-refractivity contribution in [2.45, 2.75) is 69.3 Å². The molecule has 42 heavy (non-hydrogen) atoms. The van der Waals surface area contributed by atoms with Gasteiger partial charge in [0.05, 0.1) is 21.5 Å². The van der Waals surface area contributed by atoms with Gasteiger partial charge in [-0.15, -0.1) is 11.3 Å². The van der Waals surface area contributed by atoms with Crippen molar-refractivity contribution < 1.29 is 24.1 Å². The number of amides is 1. The Morgan fingerprint density at radius 1 is 1.14 bits per heavy atom. The van der Waals surface area contributed by atoms with Crippen LogP contribution in [0.15, 0.2) is 36.7 Å². The Morgan fingerprint density at radius 2 is 1.98 bits per heavy atom. The molecule has 2 bridgehead atoms. The van der Waals surface area contributed by atoms with E-state index in [2.05, 4.69) is 35.2 Å². The number of carbonyl (C=O) groups is 1. The van der Waals surface area contributed by atoms with Crippen molar-refractivity contribution in [1.29, 1.82) is 0 Å². The monoisotopic (exact) mass is 609 g/mol. The SMILES string of the molecule is COCOc1cc(-c2cnn(C3CCCCO3)c2)ccc1-c1nc2sc(N(C)C3C[C@H]4CC[C@@H](C3)N4C(=O)O)cc2s1. The highest BCUT2D eigenvalue weighted by atomic mass is 32.1. The third-order valence-corrected chi connectivity index (χ3v) is 11.1. The molecule has 3 fully saturated rings. The van der Waals surface area contributed by atoms with Gasteiger partial charge in [0.25, 0.3) is 0 Å². The fourth-order valence-corrected chi connectivity index (χ4v) is 8.94. The maximum absolute atomic E-state index is 11.7. The number of methoxy groups -OCH3 is 1. The van der Waals surface area contributed by atoms with E-state index < -0.39 is 6.09 Å². The summed E-state index contributed by atoms with van der Waals surface area (Å²) in [4.78, 5) is 21.8. The zero-order valence-corrected chi connectivity index (χ0v) is 25.4. The summed E-state index contributed by atoms with van der Waals surface area (Å²) in [5.74, 6) is 0.718. The fraction of sp³-hybridized carbons (Fsp3) is 0.500. The van der Waals surface area contributed by atoms with Crippen LogP contribution < -0.4 is 9.64 Å². The first kappa shape index (κ1) is 27.6. The van der Waals surface area contributed by atoms with Crippen molar-refractivity contribution in [1.82, 2.24) is 19.7 Å². The van der Waals surface area contributed by atoms with Crippen LogP contribution in [0.3, 0.4) is 0 Å². The van der Waals surface area contributed by atoms with E-state index in [1.165, 1.54) is 5.00 Å². The van der Waals surface area contributed by atoms with E-state index in [0.29, 0.717) is 6.04 Å². The molecule has 10 nitrogen and oxygen atoms in total. The van der Waals surface area contributed by atoms with E-state index in [0.717, 1.165) is 88.5 Å². The van der Waals surface area contributed by atoms with E-state index in [1.807, 2.05) is 23.1 Å². The summed E-state index contributed by atoms with van der Waals surface area (Å²) >= 11 is 3.35. The van der Waals surface area contributed by atoms with Gasteiger partial charge < -0.3 is 29.1 Å². The first-order valence-corrected chi connectivity index (χ1v) is 16.2. The second kappa shape index (κ2) is 11.5. The second-order valence-corrected chi connectivity index (χ2v) is 13.4.